The number of benzene rings is 1. The van der Waals surface area contributed by atoms with Crippen molar-refractivity contribution >= 4 is 5.57 Å². The Labute approximate surface area is 133 Å². The first-order valence-corrected chi connectivity index (χ1v) is 8.64. The number of nitrogens with zero attached hydrogens (tertiary/aromatic N) is 1. The van der Waals surface area contributed by atoms with E-state index in [1.54, 1.807) is 12.1 Å². The molecule has 0 amide bonds. The molecule has 1 fully saturated rings. The van der Waals surface area contributed by atoms with Crippen molar-refractivity contribution in [3.05, 3.63) is 41.7 Å². The molecule has 1 aliphatic heterocycles. The smallest absolute Gasteiger partial charge is 0.130 e. The van der Waals surface area contributed by atoms with E-state index in [2.05, 4.69) is 11.0 Å². The predicted octanol–water partition coefficient (Wildman–Crippen LogP) is 3.82. The first-order chi connectivity index (χ1) is 10.7. The quantitative estimate of drug-likeness (QED) is 0.916. The molecule has 0 bridgehead atoms. The molecule has 3 heteroatoms. The molecule has 2 aliphatic rings. The van der Waals surface area contributed by atoms with Crippen molar-refractivity contribution < 1.29 is 4.39 Å². The molecular weight excluding hydrogens is 275 g/mol. The predicted molar refractivity (Wildman–Crippen MR) is 90.0 cm³/mol. The fourth-order valence-electron chi connectivity index (χ4n) is 3.72. The zero-order valence-corrected chi connectivity index (χ0v) is 13.3. The highest BCUT2D eigenvalue weighted by Crippen LogP contribution is 2.28. The van der Waals surface area contributed by atoms with Crippen LogP contribution in [0, 0.1) is 11.7 Å². The first kappa shape index (κ1) is 15.7. The highest BCUT2D eigenvalue weighted by atomic mass is 19.1. The molecule has 1 heterocycles. The zero-order valence-electron chi connectivity index (χ0n) is 13.3. The molecule has 1 aromatic rings. The molecule has 120 valence electrons. The van der Waals surface area contributed by atoms with Gasteiger partial charge in [-0.25, -0.2) is 4.39 Å². The van der Waals surface area contributed by atoms with Gasteiger partial charge in [0.2, 0.25) is 0 Å². The topological polar surface area (TPSA) is 29.3 Å². The number of nitrogens with two attached hydrogens (primary N) is 1. The number of hydrogen-bond donors (Lipinski definition) is 1. The van der Waals surface area contributed by atoms with Crippen LogP contribution in [0.15, 0.2) is 30.3 Å². The van der Waals surface area contributed by atoms with Gasteiger partial charge in [-0.05, 0) is 62.6 Å². The molecule has 2 N–H and O–H groups in total. The average Bonchev–Trinajstić information content (AvgIpc) is 2.55. The van der Waals surface area contributed by atoms with Crippen LogP contribution in [0.25, 0.3) is 5.57 Å². The van der Waals surface area contributed by atoms with Gasteiger partial charge in [0.1, 0.15) is 5.82 Å². The molecule has 0 spiro atoms. The lowest BCUT2D eigenvalue weighted by Gasteiger charge is -2.30. The summed E-state index contributed by atoms with van der Waals surface area (Å²) in [4.78, 5) is 2.50. The summed E-state index contributed by atoms with van der Waals surface area (Å²) in [7, 11) is 0. The van der Waals surface area contributed by atoms with Crippen LogP contribution in [0.2, 0.25) is 0 Å². The van der Waals surface area contributed by atoms with Gasteiger partial charge < -0.3 is 5.73 Å². The highest BCUT2D eigenvalue weighted by Gasteiger charge is 2.20. The van der Waals surface area contributed by atoms with Gasteiger partial charge in [-0.2, -0.15) is 0 Å². The summed E-state index contributed by atoms with van der Waals surface area (Å²) in [5.41, 5.74) is 7.92. The van der Waals surface area contributed by atoms with Crippen LogP contribution >= 0.6 is 0 Å². The van der Waals surface area contributed by atoms with Crippen LogP contribution in [-0.2, 0) is 0 Å². The Kier molecular flexibility index (Phi) is 5.27. The van der Waals surface area contributed by atoms with Crippen LogP contribution in [-0.4, -0.2) is 30.6 Å². The van der Waals surface area contributed by atoms with Crippen molar-refractivity contribution in [3.63, 3.8) is 0 Å². The summed E-state index contributed by atoms with van der Waals surface area (Å²) in [6.45, 7) is 3.17. The van der Waals surface area contributed by atoms with Gasteiger partial charge in [-0.1, -0.05) is 24.3 Å². The third-order valence-electron chi connectivity index (χ3n) is 5.26. The van der Waals surface area contributed by atoms with Crippen molar-refractivity contribution in [2.45, 2.75) is 44.6 Å². The van der Waals surface area contributed by atoms with E-state index < -0.39 is 0 Å². The Balaban J connectivity index is 1.48. The Morgan fingerprint density at radius 3 is 2.59 bits per heavy atom. The van der Waals surface area contributed by atoms with Gasteiger partial charge in [0.25, 0.3) is 0 Å². The first-order valence-electron chi connectivity index (χ1n) is 8.64. The lowest BCUT2D eigenvalue weighted by atomic mass is 9.84. The Hall–Kier alpha value is -1.19. The van der Waals surface area contributed by atoms with Gasteiger partial charge in [0, 0.05) is 24.7 Å². The van der Waals surface area contributed by atoms with Crippen LogP contribution in [0.4, 0.5) is 4.39 Å². The van der Waals surface area contributed by atoms with Crippen molar-refractivity contribution in [2.75, 3.05) is 19.6 Å². The number of halogens is 1. The molecule has 0 radical (unpaired) electrons. The van der Waals surface area contributed by atoms with Gasteiger partial charge >= 0.3 is 0 Å². The lowest BCUT2D eigenvalue weighted by Crippen LogP contribution is -2.32. The third kappa shape index (κ3) is 3.96. The van der Waals surface area contributed by atoms with Crippen molar-refractivity contribution in [3.8, 4) is 0 Å². The molecule has 2 nitrogen and oxygen atoms in total. The molecule has 0 aromatic heterocycles. The minimum Gasteiger partial charge on any atom is -0.328 e. The second kappa shape index (κ2) is 7.38. The van der Waals surface area contributed by atoms with Crippen LogP contribution in [0.1, 0.15) is 44.1 Å². The van der Waals surface area contributed by atoms with E-state index >= 15 is 0 Å². The summed E-state index contributed by atoms with van der Waals surface area (Å²) >= 11 is 0. The van der Waals surface area contributed by atoms with Gasteiger partial charge in [0.15, 0.2) is 0 Å². The van der Waals surface area contributed by atoms with Crippen molar-refractivity contribution in [2.24, 2.45) is 11.7 Å². The largest absolute Gasteiger partial charge is 0.328 e. The Bertz CT molecular complexity index is 518. The number of rotatable bonds is 4. The summed E-state index contributed by atoms with van der Waals surface area (Å²) in [5, 5.41) is 0. The fourth-order valence-corrected chi connectivity index (χ4v) is 3.72. The SMILES string of the molecule is NC1CCC(CCN2CC=C(c3ccccc3F)CC2)CC1. The lowest BCUT2D eigenvalue weighted by molar-refractivity contribution is 0.240. The van der Waals surface area contributed by atoms with Crippen LogP contribution < -0.4 is 5.73 Å². The van der Waals surface area contributed by atoms with E-state index in [1.807, 2.05) is 12.1 Å². The van der Waals surface area contributed by atoms with E-state index in [0.29, 0.717) is 6.04 Å². The monoisotopic (exact) mass is 302 g/mol. The Morgan fingerprint density at radius 1 is 1.14 bits per heavy atom. The van der Waals surface area contributed by atoms with Crippen LogP contribution in [0.3, 0.4) is 0 Å². The van der Waals surface area contributed by atoms with Gasteiger partial charge in [-0.3, -0.25) is 4.90 Å². The molecule has 0 atom stereocenters. The van der Waals surface area contributed by atoms with Gasteiger partial charge in [-0.15, -0.1) is 0 Å². The van der Waals surface area contributed by atoms with E-state index in [1.165, 1.54) is 38.6 Å². The second-order valence-electron chi connectivity index (χ2n) is 6.83. The van der Waals surface area contributed by atoms with Crippen LogP contribution in [0.5, 0.6) is 0 Å². The fraction of sp³-hybridized carbons (Fsp3) is 0.579. The Morgan fingerprint density at radius 2 is 1.91 bits per heavy atom. The normalized spacial score (nSPS) is 26.7. The molecule has 1 aromatic carbocycles. The highest BCUT2D eigenvalue weighted by molar-refractivity contribution is 5.66. The standard InChI is InChI=1S/C19H27FN2/c20-19-4-2-1-3-18(19)16-10-13-22(14-11-16)12-9-15-5-7-17(21)8-6-15/h1-4,10,15,17H,5-9,11-14,21H2. The minimum absolute atomic E-state index is 0.0965. The van der Waals surface area contributed by atoms with Crippen molar-refractivity contribution in [1.29, 1.82) is 0 Å². The third-order valence-corrected chi connectivity index (χ3v) is 5.26. The van der Waals surface area contributed by atoms with E-state index in [0.717, 1.165) is 36.6 Å². The molecule has 1 saturated carbocycles. The maximum atomic E-state index is 13.8. The zero-order chi connectivity index (χ0) is 15.4. The minimum atomic E-state index is -0.0965. The molecular formula is C19H27FN2. The van der Waals surface area contributed by atoms with E-state index in [9.17, 15) is 4.39 Å². The van der Waals surface area contributed by atoms with Gasteiger partial charge in [0.05, 0.1) is 0 Å². The molecule has 3 rings (SSSR count). The van der Waals surface area contributed by atoms with E-state index in [-0.39, 0.29) is 5.82 Å². The maximum absolute atomic E-state index is 13.8. The number of hydrogen-bond acceptors (Lipinski definition) is 2. The average molecular weight is 302 g/mol. The second-order valence-corrected chi connectivity index (χ2v) is 6.83. The summed E-state index contributed by atoms with van der Waals surface area (Å²) in [6, 6.07) is 7.56. The van der Waals surface area contributed by atoms with Crippen molar-refractivity contribution in [1.82, 2.24) is 4.90 Å². The van der Waals surface area contributed by atoms with E-state index in [4.69, 9.17) is 5.73 Å². The summed E-state index contributed by atoms with van der Waals surface area (Å²) in [6.07, 6.45) is 9.44. The summed E-state index contributed by atoms with van der Waals surface area (Å²) in [5.74, 6) is 0.762. The molecule has 0 saturated heterocycles. The maximum Gasteiger partial charge on any atom is 0.130 e. The summed E-state index contributed by atoms with van der Waals surface area (Å²) < 4.78 is 13.8. The molecule has 22 heavy (non-hydrogen) atoms. The molecule has 0 unspecified atom stereocenters. The molecule has 1 aliphatic carbocycles.